The van der Waals surface area contributed by atoms with E-state index in [1.54, 1.807) is 0 Å². The van der Waals surface area contributed by atoms with E-state index >= 15 is 0 Å². The van der Waals surface area contributed by atoms with Gasteiger partial charge in [0.15, 0.2) is 0 Å². The fourth-order valence-corrected chi connectivity index (χ4v) is 4.82. The highest BCUT2D eigenvalue weighted by molar-refractivity contribution is 8.00. The van der Waals surface area contributed by atoms with E-state index in [2.05, 4.69) is 63.7 Å². The molecule has 2 aliphatic heterocycles. The van der Waals surface area contributed by atoms with Crippen LogP contribution in [0.25, 0.3) is 0 Å². The molecule has 1 heteroatoms. The highest BCUT2D eigenvalue weighted by Gasteiger charge is 2.22. The van der Waals surface area contributed by atoms with Gasteiger partial charge in [-0.1, -0.05) is 91.2 Å². The molecule has 0 aromatic heterocycles. The summed E-state index contributed by atoms with van der Waals surface area (Å²) < 4.78 is 0.352. The molecule has 130 valence electrons. The summed E-state index contributed by atoms with van der Waals surface area (Å²) in [5.74, 6) is 0. The van der Waals surface area contributed by atoms with Crippen LogP contribution >= 0.6 is 11.8 Å². The summed E-state index contributed by atoms with van der Waals surface area (Å²) in [7, 11) is 0. The molecular formula is C22H36S. The first-order chi connectivity index (χ1) is 10.9. The maximum absolute atomic E-state index is 2.41. The van der Waals surface area contributed by atoms with Gasteiger partial charge in [-0.25, -0.2) is 0 Å². The van der Waals surface area contributed by atoms with E-state index in [1.165, 1.54) is 74.7 Å². The van der Waals surface area contributed by atoms with Gasteiger partial charge in [-0.05, 0) is 36.0 Å². The number of fused-ring (bicyclic) bond motifs is 14. The van der Waals surface area contributed by atoms with Crippen molar-refractivity contribution in [2.24, 2.45) is 0 Å². The smallest absolute Gasteiger partial charge is 0.0150 e. The molecule has 0 nitrogen and oxygen atoms in total. The number of hydrogen-bond donors (Lipinski definition) is 0. The molecule has 0 spiro atoms. The van der Waals surface area contributed by atoms with Crippen molar-refractivity contribution in [3.63, 3.8) is 0 Å². The number of rotatable bonds is 0. The molecule has 0 saturated heterocycles. The summed E-state index contributed by atoms with van der Waals surface area (Å²) in [6.07, 6.45) is 13.9. The van der Waals surface area contributed by atoms with Gasteiger partial charge in [0, 0.05) is 9.64 Å². The predicted molar refractivity (Wildman–Crippen MR) is 106 cm³/mol. The third kappa shape index (κ3) is 6.53. The second-order valence-corrected chi connectivity index (χ2v) is 10.4. The van der Waals surface area contributed by atoms with Crippen LogP contribution in [0.1, 0.15) is 97.5 Å². The molecular weight excluding hydrogens is 296 g/mol. The molecule has 2 bridgehead atoms. The molecule has 1 aromatic rings. The van der Waals surface area contributed by atoms with Crippen LogP contribution in [0.4, 0.5) is 0 Å². The predicted octanol–water partition coefficient (Wildman–Crippen LogP) is 7.75. The lowest BCUT2D eigenvalue weighted by molar-refractivity contribution is 0.440. The molecule has 2 heterocycles. The SMILES string of the molecule is CC1(C)CCCCCCCCCCC(C)(C)c2ccc(cc2)S1. The molecule has 0 N–H and O–H groups in total. The van der Waals surface area contributed by atoms with Gasteiger partial charge in [-0.3, -0.25) is 0 Å². The van der Waals surface area contributed by atoms with E-state index in [4.69, 9.17) is 0 Å². The maximum Gasteiger partial charge on any atom is 0.0150 e. The fraction of sp³-hybridized carbons (Fsp3) is 0.727. The fourth-order valence-electron chi connectivity index (χ4n) is 3.67. The minimum atomic E-state index is 0.312. The van der Waals surface area contributed by atoms with Crippen LogP contribution in [0.2, 0.25) is 0 Å². The quantitative estimate of drug-likeness (QED) is 0.468. The third-order valence-corrected chi connectivity index (χ3v) is 6.63. The lowest BCUT2D eigenvalue weighted by atomic mass is 9.80. The van der Waals surface area contributed by atoms with Crippen LogP contribution in [-0.2, 0) is 5.41 Å². The molecule has 0 radical (unpaired) electrons. The standard InChI is InChI=1S/C22H36S/c1-21(2)17-11-9-7-5-6-8-10-12-18-22(3,4)23-20-15-13-19(21)14-16-20/h13-16H,5-12,17-18H2,1-4H3. The van der Waals surface area contributed by atoms with Gasteiger partial charge < -0.3 is 0 Å². The van der Waals surface area contributed by atoms with Crippen molar-refractivity contribution in [1.82, 2.24) is 0 Å². The van der Waals surface area contributed by atoms with Crippen molar-refractivity contribution in [3.05, 3.63) is 29.8 Å². The highest BCUT2D eigenvalue weighted by atomic mass is 32.2. The lowest BCUT2D eigenvalue weighted by Crippen LogP contribution is -2.17. The summed E-state index contributed by atoms with van der Waals surface area (Å²) >= 11 is 2.05. The molecule has 1 aromatic carbocycles. The normalized spacial score (nSPS) is 23.3. The van der Waals surface area contributed by atoms with Crippen LogP contribution < -0.4 is 0 Å². The Kier molecular flexibility index (Phi) is 7.07. The summed E-state index contributed by atoms with van der Waals surface area (Å²) in [4.78, 5) is 1.43. The topological polar surface area (TPSA) is 0 Å². The molecule has 0 unspecified atom stereocenters. The molecule has 3 rings (SSSR count). The van der Waals surface area contributed by atoms with E-state index in [0.29, 0.717) is 10.2 Å². The lowest BCUT2D eigenvalue weighted by Gasteiger charge is -2.27. The molecule has 0 amide bonds. The van der Waals surface area contributed by atoms with Gasteiger partial charge in [-0.2, -0.15) is 0 Å². The maximum atomic E-state index is 2.41. The summed E-state index contributed by atoms with van der Waals surface area (Å²) in [5, 5.41) is 0. The van der Waals surface area contributed by atoms with Gasteiger partial charge in [0.05, 0.1) is 0 Å². The Morgan fingerprint density at radius 2 is 1.13 bits per heavy atom. The molecule has 0 saturated carbocycles. The Labute approximate surface area is 148 Å². The van der Waals surface area contributed by atoms with Crippen molar-refractivity contribution in [2.45, 2.75) is 107 Å². The van der Waals surface area contributed by atoms with E-state index in [0.717, 1.165) is 0 Å². The average molecular weight is 333 g/mol. The molecule has 2 aliphatic rings. The Morgan fingerprint density at radius 3 is 1.70 bits per heavy atom. The number of benzene rings is 1. The Balaban J connectivity index is 2.08. The highest BCUT2D eigenvalue weighted by Crippen LogP contribution is 2.38. The summed E-state index contributed by atoms with van der Waals surface area (Å²) in [6.45, 7) is 9.63. The third-order valence-electron chi connectivity index (χ3n) is 5.36. The molecule has 0 fully saturated rings. The Hall–Kier alpha value is -0.430. The van der Waals surface area contributed by atoms with E-state index in [1.807, 2.05) is 0 Å². The van der Waals surface area contributed by atoms with Crippen molar-refractivity contribution in [2.75, 3.05) is 0 Å². The number of thioether (sulfide) groups is 1. The monoisotopic (exact) mass is 332 g/mol. The first-order valence-electron chi connectivity index (χ1n) is 9.69. The van der Waals surface area contributed by atoms with Crippen LogP contribution in [0, 0.1) is 0 Å². The van der Waals surface area contributed by atoms with Crippen molar-refractivity contribution in [1.29, 1.82) is 0 Å². The zero-order valence-electron chi connectivity index (χ0n) is 15.8. The first kappa shape index (κ1) is 18.9. The van der Waals surface area contributed by atoms with Gasteiger partial charge >= 0.3 is 0 Å². The van der Waals surface area contributed by atoms with Gasteiger partial charge in [0.1, 0.15) is 0 Å². The Morgan fingerprint density at radius 1 is 0.652 bits per heavy atom. The number of hydrogen-bond acceptors (Lipinski definition) is 1. The Bertz CT molecular complexity index is 455. The summed E-state index contributed by atoms with van der Waals surface area (Å²) in [5.41, 5.74) is 1.82. The van der Waals surface area contributed by atoms with Gasteiger partial charge in [-0.15, -0.1) is 11.8 Å². The summed E-state index contributed by atoms with van der Waals surface area (Å²) in [6, 6.07) is 9.44. The van der Waals surface area contributed by atoms with Crippen molar-refractivity contribution < 1.29 is 0 Å². The van der Waals surface area contributed by atoms with E-state index in [-0.39, 0.29) is 0 Å². The van der Waals surface area contributed by atoms with E-state index < -0.39 is 0 Å². The van der Waals surface area contributed by atoms with Crippen LogP contribution in [0.15, 0.2) is 29.2 Å². The average Bonchev–Trinajstić information content (AvgIpc) is 2.48. The first-order valence-corrected chi connectivity index (χ1v) is 10.5. The molecule has 0 atom stereocenters. The largest absolute Gasteiger partial charge is 0.120 e. The zero-order chi connectivity index (χ0) is 16.8. The minimum Gasteiger partial charge on any atom is -0.120 e. The van der Waals surface area contributed by atoms with Gasteiger partial charge in [0.2, 0.25) is 0 Å². The second kappa shape index (κ2) is 8.60. The van der Waals surface area contributed by atoms with Gasteiger partial charge in [0.25, 0.3) is 0 Å². The van der Waals surface area contributed by atoms with Crippen LogP contribution in [0.5, 0.6) is 0 Å². The molecule has 23 heavy (non-hydrogen) atoms. The van der Waals surface area contributed by atoms with Crippen molar-refractivity contribution >= 4 is 11.8 Å². The van der Waals surface area contributed by atoms with E-state index in [9.17, 15) is 0 Å². The molecule has 0 aliphatic carbocycles. The minimum absolute atomic E-state index is 0.312. The second-order valence-electron chi connectivity index (χ2n) is 8.60. The van der Waals surface area contributed by atoms with Crippen LogP contribution in [-0.4, -0.2) is 4.75 Å². The van der Waals surface area contributed by atoms with Crippen molar-refractivity contribution in [3.8, 4) is 0 Å². The van der Waals surface area contributed by atoms with Crippen LogP contribution in [0.3, 0.4) is 0 Å². The zero-order valence-corrected chi connectivity index (χ0v) is 16.6.